The van der Waals surface area contributed by atoms with E-state index in [1.54, 1.807) is 13.0 Å². The molecule has 1 aromatic heterocycles. The van der Waals surface area contributed by atoms with Crippen LogP contribution in [0.2, 0.25) is 0 Å². The fourth-order valence-corrected chi connectivity index (χ4v) is 1.65. The van der Waals surface area contributed by atoms with Gasteiger partial charge in [-0.1, -0.05) is 6.92 Å². The smallest absolute Gasteiger partial charge is 0.314 e. The van der Waals surface area contributed by atoms with Crippen molar-refractivity contribution in [2.45, 2.75) is 26.7 Å². The third-order valence-electron chi connectivity index (χ3n) is 2.78. The van der Waals surface area contributed by atoms with E-state index in [0.29, 0.717) is 18.5 Å². The number of aliphatic carboxylic acids is 1. The Labute approximate surface area is 110 Å². The van der Waals surface area contributed by atoms with Crippen molar-refractivity contribution in [1.29, 1.82) is 0 Å². The summed E-state index contributed by atoms with van der Waals surface area (Å²) in [6.45, 7) is 3.99. The van der Waals surface area contributed by atoms with Crippen molar-refractivity contribution in [1.82, 2.24) is 4.98 Å². The lowest BCUT2D eigenvalue weighted by Gasteiger charge is -2.12. The first-order valence-electron chi connectivity index (χ1n) is 5.97. The van der Waals surface area contributed by atoms with E-state index in [4.69, 9.17) is 5.11 Å². The largest absolute Gasteiger partial charge is 0.481 e. The molecular formula is C12H17N3O4. The van der Waals surface area contributed by atoms with E-state index in [0.717, 1.165) is 0 Å². The molecule has 7 heteroatoms. The molecule has 7 nitrogen and oxygen atoms in total. The van der Waals surface area contributed by atoms with E-state index in [9.17, 15) is 14.9 Å². The Hall–Kier alpha value is -2.18. The van der Waals surface area contributed by atoms with Gasteiger partial charge in [-0.15, -0.1) is 0 Å². The van der Waals surface area contributed by atoms with Crippen LogP contribution in [-0.2, 0) is 4.79 Å². The second kappa shape index (κ2) is 6.67. The molecule has 1 aromatic rings. The Kier molecular flexibility index (Phi) is 5.23. The normalized spacial score (nSPS) is 11.9. The van der Waals surface area contributed by atoms with Gasteiger partial charge in [0.05, 0.1) is 4.92 Å². The summed E-state index contributed by atoms with van der Waals surface area (Å²) in [6, 6.07) is 1.58. The molecule has 0 amide bonds. The van der Waals surface area contributed by atoms with Crippen LogP contribution in [-0.4, -0.2) is 27.5 Å². The first-order chi connectivity index (χ1) is 8.91. The van der Waals surface area contributed by atoms with Crippen LogP contribution >= 0.6 is 0 Å². The Morgan fingerprint density at radius 1 is 1.63 bits per heavy atom. The van der Waals surface area contributed by atoms with E-state index in [-0.39, 0.29) is 23.8 Å². The van der Waals surface area contributed by atoms with Crippen LogP contribution < -0.4 is 5.32 Å². The van der Waals surface area contributed by atoms with Crippen LogP contribution in [0.25, 0.3) is 0 Å². The fraction of sp³-hybridized carbons (Fsp3) is 0.500. The summed E-state index contributed by atoms with van der Waals surface area (Å²) in [4.78, 5) is 24.9. The van der Waals surface area contributed by atoms with Crippen molar-refractivity contribution in [3.63, 3.8) is 0 Å². The molecule has 0 fully saturated rings. The summed E-state index contributed by atoms with van der Waals surface area (Å²) in [6.07, 6.45) is 2.11. The Morgan fingerprint density at radius 3 is 2.89 bits per heavy atom. The maximum atomic E-state index is 11.0. The topological polar surface area (TPSA) is 105 Å². The minimum absolute atomic E-state index is 0.0343. The zero-order chi connectivity index (χ0) is 14.4. The minimum Gasteiger partial charge on any atom is -0.481 e. The Morgan fingerprint density at radius 2 is 2.32 bits per heavy atom. The second-order valence-electron chi connectivity index (χ2n) is 4.50. The molecular weight excluding hydrogens is 250 g/mol. The van der Waals surface area contributed by atoms with Gasteiger partial charge in [0.2, 0.25) is 5.82 Å². The number of nitrogens with one attached hydrogen (secondary N) is 1. The average molecular weight is 267 g/mol. The fourth-order valence-electron chi connectivity index (χ4n) is 1.65. The zero-order valence-electron chi connectivity index (χ0n) is 10.9. The van der Waals surface area contributed by atoms with Crippen molar-refractivity contribution >= 4 is 17.5 Å². The summed E-state index contributed by atoms with van der Waals surface area (Å²) in [5.74, 6) is -0.517. The van der Waals surface area contributed by atoms with Gasteiger partial charge in [-0.05, 0) is 25.3 Å². The summed E-state index contributed by atoms with van der Waals surface area (Å²) < 4.78 is 0. The monoisotopic (exact) mass is 267 g/mol. The molecule has 2 N–H and O–H groups in total. The third kappa shape index (κ3) is 4.53. The van der Waals surface area contributed by atoms with Gasteiger partial charge in [0, 0.05) is 24.7 Å². The second-order valence-corrected chi connectivity index (χ2v) is 4.50. The van der Waals surface area contributed by atoms with Crippen molar-refractivity contribution in [3.05, 3.63) is 27.9 Å². The molecule has 0 saturated carbocycles. The van der Waals surface area contributed by atoms with E-state index < -0.39 is 10.9 Å². The standard InChI is InChI=1S/C12H17N3O4/c1-8(3-4-10(16)17)7-14-12-11(15(18)19)9(2)5-6-13-12/h5-6,8H,3-4,7H2,1-2H3,(H,13,14)(H,16,17). The van der Waals surface area contributed by atoms with Crippen LogP contribution in [0, 0.1) is 23.0 Å². The van der Waals surface area contributed by atoms with E-state index in [1.165, 1.54) is 6.20 Å². The predicted molar refractivity (Wildman–Crippen MR) is 70.2 cm³/mol. The number of hydrogen-bond acceptors (Lipinski definition) is 5. The lowest BCUT2D eigenvalue weighted by atomic mass is 10.1. The maximum absolute atomic E-state index is 11.0. The highest BCUT2D eigenvalue weighted by Crippen LogP contribution is 2.25. The summed E-state index contributed by atoms with van der Waals surface area (Å²) in [7, 11) is 0. The quantitative estimate of drug-likeness (QED) is 0.579. The number of anilines is 1. The lowest BCUT2D eigenvalue weighted by molar-refractivity contribution is -0.384. The third-order valence-corrected chi connectivity index (χ3v) is 2.78. The van der Waals surface area contributed by atoms with E-state index in [1.807, 2.05) is 6.92 Å². The highest BCUT2D eigenvalue weighted by Gasteiger charge is 2.18. The number of carboxylic acids is 1. The molecule has 0 saturated heterocycles. The van der Waals surface area contributed by atoms with Gasteiger partial charge in [0.15, 0.2) is 0 Å². The first kappa shape index (κ1) is 14.9. The first-order valence-corrected chi connectivity index (χ1v) is 5.97. The van der Waals surface area contributed by atoms with Crippen molar-refractivity contribution < 1.29 is 14.8 Å². The van der Waals surface area contributed by atoms with Crippen LogP contribution in [0.5, 0.6) is 0 Å². The molecule has 1 atom stereocenters. The molecule has 0 bridgehead atoms. The SMILES string of the molecule is Cc1ccnc(NCC(C)CCC(=O)O)c1[N+](=O)[O-]. The molecule has 1 heterocycles. The molecule has 0 aromatic carbocycles. The van der Waals surface area contributed by atoms with Gasteiger partial charge in [0.1, 0.15) is 0 Å². The van der Waals surface area contributed by atoms with Gasteiger partial charge in [-0.2, -0.15) is 0 Å². The number of carboxylic acid groups (broad SMARTS) is 1. The number of aromatic nitrogens is 1. The number of hydrogen-bond donors (Lipinski definition) is 2. The van der Waals surface area contributed by atoms with Gasteiger partial charge >= 0.3 is 11.7 Å². The van der Waals surface area contributed by atoms with Gasteiger partial charge in [0.25, 0.3) is 0 Å². The minimum atomic E-state index is -0.841. The average Bonchev–Trinajstić information content (AvgIpc) is 2.33. The molecule has 1 unspecified atom stereocenters. The Balaban J connectivity index is 2.65. The molecule has 0 radical (unpaired) electrons. The highest BCUT2D eigenvalue weighted by atomic mass is 16.6. The molecule has 0 aliphatic heterocycles. The summed E-state index contributed by atoms with van der Waals surface area (Å²) in [5, 5.41) is 22.4. The van der Waals surface area contributed by atoms with Crippen LogP contribution in [0.1, 0.15) is 25.3 Å². The molecule has 0 spiro atoms. The van der Waals surface area contributed by atoms with E-state index in [2.05, 4.69) is 10.3 Å². The van der Waals surface area contributed by atoms with Crippen LogP contribution in [0.3, 0.4) is 0 Å². The summed E-state index contributed by atoms with van der Waals surface area (Å²) in [5.41, 5.74) is 0.508. The van der Waals surface area contributed by atoms with Crippen LogP contribution in [0.4, 0.5) is 11.5 Å². The van der Waals surface area contributed by atoms with Crippen LogP contribution in [0.15, 0.2) is 12.3 Å². The van der Waals surface area contributed by atoms with Gasteiger partial charge in [-0.3, -0.25) is 14.9 Å². The number of nitrogens with zero attached hydrogens (tertiary/aromatic N) is 2. The molecule has 19 heavy (non-hydrogen) atoms. The molecule has 0 aliphatic carbocycles. The number of nitro groups is 1. The lowest BCUT2D eigenvalue weighted by Crippen LogP contribution is -2.14. The van der Waals surface area contributed by atoms with Gasteiger partial charge < -0.3 is 10.4 Å². The van der Waals surface area contributed by atoms with Crippen molar-refractivity contribution in [3.8, 4) is 0 Å². The predicted octanol–water partition coefficient (Wildman–Crippen LogP) is 2.21. The van der Waals surface area contributed by atoms with Crippen molar-refractivity contribution in [2.75, 3.05) is 11.9 Å². The zero-order valence-corrected chi connectivity index (χ0v) is 10.9. The molecule has 104 valence electrons. The highest BCUT2D eigenvalue weighted by molar-refractivity contribution is 5.66. The summed E-state index contributed by atoms with van der Waals surface area (Å²) >= 11 is 0. The number of aryl methyl sites for hydroxylation is 1. The molecule has 0 aliphatic rings. The number of carbonyl (C=O) groups is 1. The maximum Gasteiger partial charge on any atom is 0.314 e. The number of rotatable bonds is 7. The number of pyridine rings is 1. The molecule has 1 rings (SSSR count). The Bertz CT molecular complexity index is 476. The van der Waals surface area contributed by atoms with E-state index >= 15 is 0 Å². The van der Waals surface area contributed by atoms with Gasteiger partial charge in [-0.25, -0.2) is 4.98 Å². The van der Waals surface area contributed by atoms with Crippen molar-refractivity contribution in [2.24, 2.45) is 5.92 Å².